The summed E-state index contributed by atoms with van der Waals surface area (Å²) < 4.78 is 5.46. The fourth-order valence-corrected chi connectivity index (χ4v) is 2.50. The zero-order valence-electron chi connectivity index (χ0n) is 10.8. The van der Waals surface area contributed by atoms with Gasteiger partial charge in [0, 0.05) is 4.90 Å². The molecule has 3 aromatic rings. The van der Waals surface area contributed by atoms with Gasteiger partial charge in [0.1, 0.15) is 11.6 Å². The first-order valence-corrected chi connectivity index (χ1v) is 7.21. The lowest BCUT2D eigenvalue weighted by Gasteiger charge is -2.07. The molecule has 0 saturated carbocycles. The van der Waals surface area contributed by atoms with Crippen LogP contribution in [-0.2, 0) is 0 Å². The summed E-state index contributed by atoms with van der Waals surface area (Å²) in [7, 11) is 1.69. The average Bonchev–Trinajstić information content (AvgIpc) is 2.90. The highest BCUT2D eigenvalue weighted by molar-refractivity contribution is 7.98. The Morgan fingerprint density at radius 3 is 2.74 bits per heavy atom. The quantitative estimate of drug-likeness (QED) is 0.732. The highest BCUT2D eigenvalue weighted by atomic mass is 32.2. The Labute approximate surface area is 116 Å². The normalized spacial score (nSPS) is 10.8. The number of rotatable bonds is 3. The molecule has 0 fully saturated rings. The van der Waals surface area contributed by atoms with Gasteiger partial charge in [-0.2, -0.15) is 0 Å². The van der Waals surface area contributed by atoms with Crippen LogP contribution in [0.15, 0.2) is 47.4 Å². The minimum Gasteiger partial charge on any atom is -0.496 e. The van der Waals surface area contributed by atoms with Crippen LogP contribution in [0.4, 0.5) is 0 Å². The van der Waals surface area contributed by atoms with Crippen LogP contribution in [0.1, 0.15) is 0 Å². The molecular formula is C15H14N2OS. The average molecular weight is 270 g/mol. The van der Waals surface area contributed by atoms with Gasteiger partial charge in [0.05, 0.1) is 23.7 Å². The van der Waals surface area contributed by atoms with Crippen LogP contribution >= 0.6 is 11.8 Å². The number of imidazole rings is 1. The molecule has 0 spiro atoms. The van der Waals surface area contributed by atoms with E-state index < -0.39 is 0 Å². The summed E-state index contributed by atoms with van der Waals surface area (Å²) in [6.07, 6.45) is 2.05. The van der Waals surface area contributed by atoms with E-state index in [1.54, 1.807) is 18.9 Å². The zero-order chi connectivity index (χ0) is 13.2. The van der Waals surface area contributed by atoms with Gasteiger partial charge in [0.25, 0.3) is 0 Å². The summed E-state index contributed by atoms with van der Waals surface area (Å²) in [5, 5.41) is 0. The molecule has 19 heavy (non-hydrogen) atoms. The highest BCUT2D eigenvalue weighted by Crippen LogP contribution is 2.32. The number of aromatic amines is 1. The van der Waals surface area contributed by atoms with Gasteiger partial charge in [-0.15, -0.1) is 11.8 Å². The van der Waals surface area contributed by atoms with Crippen LogP contribution in [0.2, 0.25) is 0 Å². The van der Waals surface area contributed by atoms with Crippen LogP contribution in [0.3, 0.4) is 0 Å². The Hall–Kier alpha value is -1.94. The molecule has 1 aromatic heterocycles. The maximum absolute atomic E-state index is 5.46. The van der Waals surface area contributed by atoms with Crippen molar-refractivity contribution in [3.8, 4) is 17.1 Å². The van der Waals surface area contributed by atoms with Gasteiger partial charge in [-0.3, -0.25) is 0 Å². The fourth-order valence-electron chi connectivity index (χ4n) is 2.07. The van der Waals surface area contributed by atoms with E-state index in [-0.39, 0.29) is 0 Å². The predicted molar refractivity (Wildman–Crippen MR) is 79.9 cm³/mol. The number of methoxy groups -OCH3 is 1. The van der Waals surface area contributed by atoms with Gasteiger partial charge in [-0.25, -0.2) is 4.98 Å². The van der Waals surface area contributed by atoms with Crippen molar-refractivity contribution in [1.82, 2.24) is 9.97 Å². The molecule has 0 amide bonds. The molecule has 0 unspecified atom stereocenters. The van der Waals surface area contributed by atoms with Crippen molar-refractivity contribution in [2.24, 2.45) is 0 Å². The van der Waals surface area contributed by atoms with E-state index in [2.05, 4.69) is 22.3 Å². The van der Waals surface area contributed by atoms with Crippen molar-refractivity contribution in [3.63, 3.8) is 0 Å². The van der Waals surface area contributed by atoms with Crippen LogP contribution in [-0.4, -0.2) is 23.3 Å². The molecule has 3 rings (SSSR count). The molecule has 0 atom stereocenters. The number of thioether (sulfide) groups is 1. The van der Waals surface area contributed by atoms with E-state index in [4.69, 9.17) is 4.74 Å². The van der Waals surface area contributed by atoms with E-state index >= 15 is 0 Å². The summed E-state index contributed by atoms with van der Waals surface area (Å²) in [4.78, 5) is 9.11. The first-order valence-electron chi connectivity index (χ1n) is 5.99. The van der Waals surface area contributed by atoms with E-state index in [0.717, 1.165) is 28.2 Å². The van der Waals surface area contributed by atoms with Crippen molar-refractivity contribution in [2.45, 2.75) is 4.90 Å². The summed E-state index contributed by atoms with van der Waals surface area (Å²) in [6.45, 7) is 0. The molecule has 0 radical (unpaired) electrons. The molecule has 0 aliphatic rings. The molecular weight excluding hydrogens is 256 g/mol. The van der Waals surface area contributed by atoms with Crippen molar-refractivity contribution in [3.05, 3.63) is 42.5 Å². The number of H-pyrrole nitrogens is 1. The number of aromatic nitrogens is 2. The van der Waals surface area contributed by atoms with Gasteiger partial charge >= 0.3 is 0 Å². The van der Waals surface area contributed by atoms with Crippen LogP contribution in [0.5, 0.6) is 5.75 Å². The Kier molecular flexibility index (Phi) is 3.17. The molecule has 0 aliphatic heterocycles. The maximum atomic E-state index is 5.46. The second-order valence-corrected chi connectivity index (χ2v) is 5.05. The van der Waals surface area contributed by atoms with Crippen molar-refractivity contribution in [2.75, 3.05) is 13.4 Å². The third-order valence-corrected chi connectivity index (χ3v) is 3.78. The van der Waals surface area contributed by atoms with Crippen LogP contribution in [0, 0.1) is 0 Å². The minimum atomic E-state index is 0.839. The third-order valence-electron chi connectivity index (χ3n) is 3.05. The second-order valence-electron chi connectivity index (χ2n) is 4.17. The molecule has 96 valence electrons. The Morgan fingerprint density at radius 1 is 1.16 bits per heavy atom. The minimum absolute atomic E-state index is 0.839. The smallest absolute Gasteiger partial charge is 0.142 e. The number of ether oxygens (including phenoxy) is 1. The standard InChI is InChI=1S/C15H14N2OS/c1-18-14-9-10(19-2)7-8-11(14)15-16-12-5-3-4-6-13(12)17-15/h3-9H,1-2H3,(H,16,17). The van der Waals surface area contributed by atoms with E-state index in [1.165, 1.54) is 4.90 Å². The molecule has 1 N–H and O–H groups in total. The lowest BCUT2D eigenvalue weighted by Crippen LogP contribution is -1.89. The van der Waals surface area contributed by atoms with E-state index in [1.807, 2.05) is 36.4 Å². The number of benzene rings is 2. The molecule has 0 bridgehead atoms. The fraction of sp³-hybridized carbons (Fsp3) is 0.133. The number of para-hydroxylation sites is 2. The molecule has 4 heteroatoms. The molecule has 2 aromatic carbocycles. The van der Waals surface area contributed by atoms with Gasteiger partial charge in [-0.1, -0.05) is 12.1 Å². The monoisotopic (exact) mass is 270 g/mol. The van der Waals surface area contributed by atoms with Gasteiger partial charge < -0.3 is 9.72 Å². The lowest BCUT2D eigenvalue weighted by molar-refractivity contribution is 0.415. The van der Waals surface area contributed by atoms with Crippen LogP contribution in [0.25, 0.3) is 22.4 Å². The summed E-state index contributed by atoms with van der Waals surface area (Å²) in [5.41, 5.74) is 2.98. The first kappa shape index (κ1) is 12.1. The molecule has 0 aliphatic carbocycles. The van der Waals surface area contributed by atoms with E-state index in [9.17, 15) is 0 Å². The SMILES string of the molecule is COc1cc(SC)ccc1-c1nc2ccccc2[nH]1. The van der Waals surface area contributed by atoms with Gasteiger partial charge in [0.2, 0.25) is 0 Å². The van der Waals surface area contributed by atoms with Crippen molar-refractivity contribution in [1.29, 1.82) is 0 Å². The Morgan fingerprint density at radius 2 is 2.00 bits per heavy atom. The Bertz CT molecular complexity index is 688. The number of fused-ring (bicyclic) bond motifs is 1. The topological polar surface area (TPSA) is 37.9 Å². The number of nitrogens with zero attached hydrogens (tertiary/aromatic N) is 1. The second kappa shape index (κ2) is 4.97. The third kappa shape index (κ3) is 2.19. The highest BCUT2D eigenvalue weighted by Gasteiger charge is 2.11. The van der Waals surface area contributed by atoms with E-state index in [0.29, 0.717) is 0 Å². The largest absolute Gasteiger partial charge is 0.496 e. The van der Waals surface area contributed by atoms with Gasteiger partial charge in [0.15, 0.2) is 0 Å². The summed E-state index contributed by atoms with van der Waals surface area (Å²) in [6, 6.07) is 14.2. The summed E-state index contributed by atoms with van der Waals surface area (Å²) >= 11 is 1.70. The van der Waals surface area contributed by atoms with Gasteiger partial charge in [-0.05, 0) is 36.6 Å². The first-order chi connectivity index (χ1) is 9.31. The summed E-state index contributed by atoms with van der Waals surface area (Å²) in [5.74, 6) is 1.68. The molecule has 3 nitrogen and oxygen atoms in total. The Balaban J connectivity index is 2.15. The number of hydrogen-bond acceptors (Lipinski definition) is 3. The number of hydrogen-bond donors (Lipinski definition) is 1. The lowest BCUT2D eigenvalue weighted by atomic mass is 10.2. The molecule has 1 heterocycles. The molecule has 0 saturated heterocycles. The van der Waals surface area contributed by atoms with Crippen molar-refractivity contribution >= 4 is 22.8 Å². The van der Waals surface area contributed by atoms with Crippen LogP contribution < -0.4 is 4.74 Å². The number of nitrogens with one attached hydrogen (secondary N) is 1. The van der Waals surface area contributed by atoms with Crippen molar-refractivity contribution < 1.29 is 4.74 Å². The predicted octanol–water partition coefficient (Wildman–Crippen LogP) is 3.96. The maximum Gasteiger partial charge on any atom is 0.142 e. The zero-order valence-corrected chi connectivity index (χ0v) is 11.6.